The van der Waals surface area contributed by atoms with E-state index in [2.05, 4.69) is 15.3 Å². The second-order valence-corrected chi connectivity index (χ2v) is 3.82. The molecule has 1 aromatic heterocycles. The third-order valence-electron chi connectivity index (χ3n) is 2.52. The molecule has 0 unspecified atom stereocenters. The second kappa shape index (κ2) is 5.41. The Labute approximate surface area is 101 Å². The van der Waals surface area contributed by atoms with E-state index < -0.39 is 0 Å². The largest absolute Gasteiger partial charge is 0.316 e. The van der Waals surface area contributed by atoms with Crippen molar-refractivity contribution in [3.8, 4) is 0 Å². The smallest absolute Gasteiger partial charge is 0.229 e. The zero-order valence-electron chi connectivity index (χ0n) is 10.1. The summed E-state index contributed by atoms with van der Waals surface area (Å²) < 4.78 is 0. The van der Waals surface area contributed by atoms with E-state index in [0.29, 0.717) is 5.95 Å². The van der Waals surface area contributed by atoms with Crippen LogP contribution >= 0.6 is 0 Å². The average Bonchev–Trinajstić information content (AvgIpc) is 2.40. The predicted molar refractivity (Wildman–Crippen MR) is 69.3 cm³/mol. The Hall–Kier alpha value is -1.94. The molecular formula is C13H16N4. The summed E-state index contributed by atoms with van der Waals surface area (Å²) in [5.74, 6) is 0.705. The number of hydrogen-bond acceptors (Lipinski definition) is 4. The molecular weight excluding hydrogens is 212 g/mol. The lowest BCUT2D eigenvalue weighted by molar-refractivity contribution is 0.805. The van der Waals surface area contributed by atoms with Gasteiger partial charge in [0.1, 0.15) is 0 Å². The van der Waals surface area contributed by atoms with Gasteiger partial charge in [0.25, 0.3) is 0 Å². The summed E-state index contributed by atoms with van der Waals surface area (Å²) >= 11 is 0. The highest BCUT2D eigenvalue weighted by molar-refractivity contribution is 5.55. The molecule has 0 aliphatic heterocycles. The van der Waals surface area contributed by atoms with Crippen molar-refractivity contribution < 1.29 is 0 Å². The van der Waals surface area contributed by atoms with Crippen molar-refractivity contribution in [1.82, 2.24) is 15.3 Å². The molecule has 1 aromatic carbocycles. The van der Waals surface area contributed by atoms with Crippen LogP contribution in [0.1, 0.15) is 5.56 Å². The van der Waals surface area contributed by atoms with Gasteiger partial charge in [0.15, 0.2) is 0 Å². The normalized spacial score (nSPS) is 10.2. The molecule has 0 amide bonds. The summed E-state index contributed by atoms with van der Waals surface area (Å²) in [7, 11) is 3.87. The van der Waals surface area contributed by atoms with Gasteiger partial charge in [-0.25, -0.2) is 9.97 Å². The highest BCUT2D eigenvalue weighted by Crippen LogP contribution is 2.18. The van der Waals surface area contributed by atoms with E-state index in [1.54, 1.807) is 0 Å². The number of hydrogen-bond donors (Lipinski definition) is 1. The second-order valence-electron chi connectivity index (χ2n) is 3.82. The number of rotatable bonds is 4. The fraction of sp³-hybridized carbons (Fsp3) is 0.231. The maximum absolute atomic E-state index is 4.35. The van der Waals surface area contributed by atoms with Gasteiger partial charge in [-0.2, -0.15) is 0 Å². The lowest BCUT2D eigenvalue weighted by atomic mass is 10.3. The zero-order valence-corrected chi connectivity index (χ0v) is 10.1. The molecule has 0 saturated heterocycles. The molecule has 2 rings (SSSR count). The lowest BCUT2D eigenvalue weighted by Gasteiger charge is -2.16. The van der Waals surface area contributed by atoms with Gasteiger partial charge in [0.2, 0.25) is 5.95 Å². The Morgan fingerprint density at radius 3 is 2.35 bits per heavy atom. The molecule has 0 bridgehead atoms. The molecule has 0 atom stereocenters. The third-order valence-corrected chi connectivity index (χ3v) is 2.52. The van der Waals surface area contributed by atoms with Crippen LogP contribution in [0.4, 0.5) is 11.6 Å². The third kappa shape index (κ3) is 2.79. The molecule has 17 heavy (non-hydrogen) atoms. The summed E-state index contributed by atoms with van der Waals surface area (Å²) in [5, 5.41) is 3.07. The minimum absolute atomic E-state index is 0.705. The van der Waals surface area contributed by atoms with Gasteiger partial charge in [0, 0.05) is 37.2 Å². The SMILES string of the molecule is CNCc1cnc(N(C)c2ccccc2)nc1. The van der Waals surface area contributed by atoms with Crippen LogP contribution in [0.15, 0.2) is 42.7 Å². The molecule has 4 heteroatoms. The summed E-state index contributed by atoms with van der Waals surface area (Å²) in [5.41, 5.74) is 2.16. The average molecular weight is 228 g/mol. The zero-order chi connectivity index (χ0) is 12.1. The molecule has 0 saturated carbocycles. The maximum atomic E-state index is 4.35. The van der Waals surface area contributed by atoms with Crippen molar-refractivity contribution in [3.63, 3.8) is 0 Å². The van der Waals surface area contributed by atoms with Gasteiger partial charge in [-0.1, -0.05) is 18.2 Å². The van der Waals surface area contributed by atoms with E-state index in [9.17, 15) is 0 Å². The minimum Gasteiger partial charge on any atom is -0.316 e. The number of nitrogens with one attached hydrogen (secondary N) is 1. The van der Waals surface area contributed by atoms with E-state index in [0.717, 1.165) is 17.8 Å². The van der Waals surface area contributed by atoms with Crippen molar-refractivity contribution in [2.45, 2.75) is 6.54 Å². The molecule has 88 valence electrons. The Kier molecular flexibility index (Phi) is 3.67. The minimum atomic E-state index is 0.705. The van der Waals surface area contributed by atoms with Crippen LogP contribution in [0, 0.1) is 0 Å². The molecule has 1 N–H and O–H groups in total. The number of anilines is 2. The quantitative estimate of drug-likeness (QED) is 0.868. The molecule has 0 radical (unpaired) electrons. The first-order valence-electron chi connectivity index (χ1n) is 5.55. The Balaban J connectivity index is 2.17. The van der Waals surface area contributed by atoms with Gasteiger partial charge in [0.05, 0.1) is 0 Å². The Morgan fingerprint density at radius 2 is 1.76 bits per heavy atom. The van der Waals surface area contributed by atoms with Crippen molar-refractivity contribution >= 4 is 11.6 Å². The van der Waals surface area contributed by atoms with E-state index in [-0.39, 0.29) is 0 Å². The van der Waals surface area contributed by atoms with Crippen LogP contribution in [0.25, 0.3) is 0 Å². The molecule has 0 aliphatic rings. The lowest BCUT2D eigenvalue weighted by Crippen LogP contribution is -2.13. The van der Waals surface area contributed by atoms with Crippen LogP contribution in [-0.2, 0) is 6.54 Å². The van der Waals surface area contributed by atoms with Crippen molar-refractivity contribution in [2.75, 3.05) is 19.0 Å². The van der Waals surface area contributed by atoms with Gasteiger partial charge < -0.3 is 10.2 Å². The number of benzene rings is 1. The fourth-order valence-electron chi connectivity index (χ4n) is 1.58. The number of para-hydroxylation sites is 1. The van der Waals surface area contributed by atoms with Gasteiger partial charge >= 0.3 is 0 Å². The standard InChI is InChI=1S/C13H16N4/c1-14-8-11-9-15-13(16-10-11)17(2)12-6-4-3-5-7-12/h3-7,9-10,14H,8H2,1-2H3. The molecule has 2 aromatic rings. The molecule has 0 fully saturated rings. The van der Waals surface area contributed by atoms with Crippen LogP contribution in [0.3, 0.4) is 0 Å². The Morgan fingerprint density at radius 1 is 1.12 bits per heavy atom. The summed E-state index contributed by atoms with van der Waals surface area (Å²) in [6.45, 7) is 0.787. The Bertz CT molecular complexity index is 453. The van der Waals surface area contributed by atoms with E-state index in [1.165, 1.54) is 0 Å². The molecule has 0 aliphatic carbocycles. The van der Waals surface area contributed by atoms with Crippen molar-refractivity contribution in [1.29, 1.82) is 0 Å². The number of aromatic nitrogens is 2. The van der Waals surface area contributed by atoms with E-state index in [4.69, 9.17) is 0 Å². The van der Waals surface area contributed by atoms with Gasteiger partial charge in [-0.05, 0) is 19.2 Å². The summed E-state index contributed by atoms with van der Waals surface area (Å²) in [4.78, 5) is 10.7. The first-order valence-corrected chi connectivity index (χ1v) is 5.55. The highest BCUT2D eigenvalue weighted by atomic mass is 15.2. The molecule has 1 heterocycles. The van der Waals surface area contributed by atoms with Crippen LogP contribution in [0.5, 0.6) is 0 Å². The van der Waals surface area contributed by atoms with Crippen LogP contribution in [-0.4, -0.2) is 24.1 Å². The van der Waals surface area contributed by atoms with Crippen LogP contribution in [0.2, 0.25) is 0 Å². The first-order chi connectivity index (χ1) is 8.31. The summed E-state index contributed by atoms with van der Waals surface area (Å²) in [6, 6.07) is 10.1. The van der Waals surface area contributed by atoms with E-state index >= 15 is 0 Å². The topological polar surface area (TPSA) is 41.1 Å². The maximum Gasteiger partial charge on any atom is 0.229 e. The fourth-order valence-corrected chi connectivity index (χ4v) is 1.58. The van der Waals surface area contributed by atoms with E-state index in [1.807, 2.05) is 61.7 Å². The monoisotopic (exact) mass is 228 g/mol. The summed E-state index contributed by atoms with van der Waals surface area (Å²) in [6.07, 6.45) is 3.69. The van der Waals surface area contributed by atoms with Gasteiger partial charge in [-0.3, -0.25) is 0 Å². The molecule has 4 nitrogen and oxygen atoms in total. The highest BCUT2D eigenvalue weighted by Gasteiger charge is 2.05. The number of nitrogens with zero attached hydrogens (tertiary/aromatic N) is 3. The molecule has 0 spiro atoms. The van der Waals surface area contributed by atoms with Crippen LogP contribution < -0.4 is 10.2 Å². The first kappa shape index (κ1) is 11.5. The van der Waals surface area contributed by atoms with Crippen molar-refractivity contribution in [3.05, 3.63) is 48.3 Å². The van der Waals surface area contributed by atoms with Gasteiger partial charge in [-0.15, -0.1) is 0 Å². The van der Waals surface area contributed by atoms with Crippen molar-refractivity contribution in [2.24, 2.45) is 0 Å². The predicted octanol–water partition coefficient (Wildman–Crippen LogP) is 1.96.